The summed E-state index contributed by atoms with van der Waals surface area (Å²) in [6.45, 7) is 1.98. The number of carbonyl (C=O) groups excluding carboxylic acids is 1. The van der Waals surface area contributed by atoms with Gasteiger partial charge in [0.1, 0.15) is 12.3 Å². The Morgan fingerprint density at radius 1 is 1.14 bits per heavy atom. The number of para-hydroxylation sites is 3. The first-order chi connectivity index (χ1) is 13.6. The molecule has 1 N–H and O–H groups in total. The number of aryl methyl sites for hydroxylation is 1. The van der Waals surface area contributed by atoms with Crippen LogP contribution in [0.4, 0.5) is 0 Å². The van der Waals surface area contributed by atoms with Crippen LogP contribution < -0.4 is 15.7 Å². The van der Waals surface area contributed by atoms with Crippen molar-refractivity contribution in [3.8, 4) is 5.75 Å². The Balaban J connectivity index is 1.67. The molecule has 2 aromatic carbocycles. The van der Waals surface area contributed by atoms with Crippen molar-refractivity contribution >= 4 is 16.9 Å². The molecule has 0 saturated carbocycles. The summed E-state index contributed by atoms with van der Waals surface area (Å²) >= 11 is 0. The Labute approximate surface area is 163 Å². The van der Waals surface area contributed by atoms with Crippen molar-refractivity contribution in [2.75, 3.05) is 26.7 Å². The van der Waals surface area contributed by atoms with Gasteiger partial charge in [-0.25, -0.2) is 4.79 Å². The van der Waals surface area contributed by atoms with Crippen LogP contribution in [0.15, 0.2) is 53.3 Å². The van der Waals surface area contributed by atoms with Crippen molar-refractivity contribution in [1.82, 2.24) is 19.4 Å². The largest absolute Gasteiger partial charge is 0.496 e. The van der Waals surface area contributed by atoms with Crippen LogP contribution in [0.3, 0.4) is 0 Å². The van der Waals surface area contributed by atoms with Gasteiger partial charge in [0, 0.05) is 32.2 Å². The van der Waals surface area contributed by atoms with Crippen LogP contribution in [-0.4, -0.2) is 46.7 Å². The van der Waals surface area contributed by atoms with Crippen molar-refractivity contribution in [3.05, 3.63) is 64.6 Å². The molecule has 1 unspecified atom stereocenters. The Hall–Kier alpha value is -3.06. The lowest BCUT2D eigenvalue weighted by Gasteiger charge is -2.37. The number of piperazine rings is 1. The highest BCUT2D eigenvalue weighted by atomic mass is 16.5. The maximum atomic E-state index is 13.2. The Kier molecular flexibility index (Phi) is 4.92. The van der Waals surface area contributed by atoms with Gasteiger partial charge < -0.3 is 15.0 Å². The predicted octanol–water partition coefficient (Wildman–Crippen LogP) is 1.52. The number of fused-ring (bicyclic) bond motifs is 1. The van der Waals surface area contributed by atoms with Crippen LogP contribution in [0.5, 0.6) is 5.75 Å². The van der Waals surface area contributed by atoms with Crippen LogP contribution >= 0.6 is 0 Å². The van der Waals surface area contributed by atoms with Gasteiger partial charge >= 0.3 is 5.69 Å². The Morgan fingerprint density at radius 2 is 1.86 bits per heavy atom. The maximum Gasteiger partial charge on any atom is 0.329 e. The second-order valence-electron chi connectivity index (χ2n) is 6.97. The van der Waals surface area contributed by atoms with Gasteiger partial charge in [-0.1, -0.05) is 30.3 Å². The number of benzene rings is 2. The van der Waals surface area contributed by atoms with E-state index in [4.69, 9.17) is 4.74 Å². The summed E-state index contributed by atoms with van der Waals surface area (Å²) in [7, 11) is 3.37. The topological polar surface area (TPSA) is 68.5 Å². The molecule has 7 heteroatoms. The number of rotatable bonds is 4. The third-order valence-electron chi connectivity index (χ3n) is 5.41. The number of hydrogen-bond donors (Lipinski definition) is 1. The zero-order valence-electron chi connectivity index (χ0n) is 16.1. The molecule has 2 heterocycles. The molecule has 0 bridgehead atoms. The fourth-order valence-electron chi connectivity index (χ4n) is 3.96. The third kappa shape index (κ3) is 3.07. The highest BCUT2D eigenvalue weighted by molar-refractivity contribution is 5.81. The van der Waals surface area contributed by atoms with Gasteiger partial charge in [0.05, 0.1) is 24.2 Å². The molecule has 1 atom stereocenters. The van der Waals surface area contributed by atoms with Crippen LogP contribution in [0.2, 0.25) is 0 Å². The lowest BCUT2D eigenvalue weighted by molar-refractivity contribution is -0.135. The fourth-order valence-corrected chi connectivity index (χ4v) is 3.96. The van der Waals surface area contributed by atoms with Crippen molar-refractivity contribution < 1.29 is 9.53 Å². The fraction of sp³-hybridized carbons (Fsp3) is 0.333. The molecule has 146 valence electrons. The monoisotopic (exact) mass is 380 g/mol. The van der Waals surface area contributed by atoms with Crippen LogP contribution in [0.25, 0.3) is 11.0 Å². The molecule has 1 saturated heterocycles. The summed E-state index contributed by atoms with van der Waals surface area (Å²) in [4.78, 5) is 27.8. The van der Waals surface area contributed by atoms with E-state index in [1.54, 1.807) is 23.3 Å². The first-order valence-electron chi connectivity index (χ1n) is 9.39. The minimum Gasteiger partial charge on any atom is -0.496 e. The molecule has 1 amide bonds. The van der Waals surface area contributed by atoms with E-state index in [1.165, 1.54) is 0 Å². The van der Waals surface area contributed by atoms with Crippen molar-refractivity contribution in [2.45, 2.75) is 12.6 Å². The summed E-state index contributed by atoms with van der Waals surface area (Å²) in [5, 5.41) is 3.36. The van der Waals surface area contributed by atoms with Gasteiger partial charge in [-0.2, -0.15) is 0 Å². The maximum absolute atomic E-state index is 13.2. The van der Waals surface area contributed by atoms with Gasteiger partial charge in [0.15, 0.2) is 0 Å². The second-order valence-corrected chi connectivity index (χ2v) is 6.97. The van der Waals surface area contributed by atoms with E-state index in [-0.39, 0.29) is 24.2 Å². The number of aromatic nitrogens is 2. The predicted molar refractivity (Wildman–Crippen MR) is 107 cm³/mol. The van der Waals surface area contributed by atoms with E-state index in [9.17, 15) is 9.59 Å². The standard InChI is InChI=1S/C21H24N4O3/c1-23-16-8-4-5-9-17(16)25(21(23)27)14-20(26)24-12-11-22-13-18(24)15-7-3-6-10-19(15)28-2/h3-10,18,22H,11-14H2,1-2H3. The molecule has 1 aliphatic heterocycles. The average Bonchev–Trinajstić information content (AvgIpc) is 2.98. The molecule has 4 rings (SSSR count). The first kappa shape index (κ1) is 18.3. The SMILES string of the molecule is COc1ccccc1C1CNCCN1C(=O)Cn1c(=O)n(C)c2ccccc21. The molecule has 1 aromatic heterocycles. The molecule has 1 fully saturated rings. The highest BCUT2D eigenvalue weighted by Gasteiger charge is 2.30. The smallest absolute Gasteiger partial charge is 0.329 e. The van der Waals surface area contributed by atoms with Crippen LogP contribution in [0, 0.1) is 0 Å². The quantitative estimate of drug-likeness (QED) is 0.745. The van der Waals surface area contributed by atoms with E-state index in [0.29, 0.717) is 13.1 Å². The molecule has 0 aliphatic carbocycles. The molecule has 3 aromatic rings. The Bertz CT molecular complexity index is 1070. The van der Waals surface area contributed by atoms with Gasteiger partial charge in [0.25, 0.3) is 0 Å². The third-order valence-corrected chi connectivity index (χ3v) is 5.41. The molecular formula is C21H24N4O3. The zero-order chi connectivity index (χ0) is 19.7. The average molecular weight is 380 g/mol. The van der Waals surface area contributed by atoms with Crippen molar-refractivity contribution in [2.24, 2.45) is 7.05 Å². The summed E-state index contributed by atoms with van der Waals surface area (Å²) in [6.07, 6.45) is 0. The number of nitrogens with one attached hydrogen (secondary N) is 1. The first-order valence-corrected chi connectivity index (χ1v) is 9.39. The number of hydrogen-bond acceptors (Lipinski definition) is 4. The number of amides is 1. The minimum atomic E-state index is -0.182. The second kappa shape index (κ2) is 7.52. The number of ether oxygens (including phenoxy) is 1. The van der Waals surface area contributed by atoms with Crippen LogP contribution in [-0.2, 0) is 18.4 Å². The van der Waals surface area contributed by atoms with Crippen molar-refractivity contribution in [1.29, 1.82) is 0 Å². The summed E-state index contributed by atoms with van der Waals surface area (Å²) in [6, 6.07) is 15.2. The minimum absolute atomic E-state index is 0.0197. The zero-order valence-corrected chi connectivity index (χ0v) is 16.1. The molecule has 0 radical (unpaired) electrons. The normalized spacial score (nSPS) is 17.1. The molecule has 7 nitrogen and oxygen atoms in total. The lowest BCUT2D eigenvalue weighted by Crippen LogP contribution is -2.50. The molecular weight excluding hydrogens is 356 g/mol. The van der Waals surface area contributed by atoms with E-state index in [1.807, 2.05) is 53.4 Å². The van der Waals surface area contributed by atoms with Gasteiger partial charge in [-0.05, 0) is 18.2 Å². The van der Waals surface area contributed by atoms with Gasteiger partial charge in [0.2, 0.25) is 5.91 Å². The van der Waals surface area contributed by atoms with Crippen LogP contribution in [0.1, 0.15) is 11.6 Å². The molecule has 0 spiro atoms. The summed E-state index contributed by atoms with van der Waals surface area (Å²) in [5.74, 6) is 0.687. The summed E-state index contributed by atoms with van der Waals surface area (Å²) in [5.41, 5.74) is 2.38. The van der Waals surface area contributed by atoms with E-state index < -0.39 is 0 Å². The number of imidazole rings is 1. The van der Waals surface area contributed by atoms with Gasteiger partial charge in [-0.3, -0.25) is 13.9 Å². The van der Waals surface area contributed by atoms with E-state index in [0.717, 1.165) is 28.9 Å². The molecule has 28 heavy (non-hydrogen) atoms. The summed E-state index contributed by atoms with van der Waals surface area (Å²) < 4.78 is 8.64. The van der Waals surface area contributed by atoms with E-state index in [2.05, 4.69) is 5.32 Å². The number of methoxy groups -OCH3 is 1. The molecule has 1 aliphatic rings. The number of carbonyl (C=O) groups is 1. The highest BCUT2D eigenvalue weighted by Crippen LogP contribution is 2.30. The van der Waals surface area contributed by atoms with Gasteiger partial charge in [-0.15, -0.1) is 0 Å². The van der Waals surface area contributed by atoms with Crippen molar-refractivity contribution in [3.63, 3.8) is 0 Å². The number of nitrogens with zero attached hydrogens (tertiary/aromatic N) is 3. The van der Waals surface area contributed by atoms with E-state index >= 15 is 0 Å². The lowest BCUT2D eigenvalue weighted by atomic mass is 10.0. The Morgan fingerprint density at radius 3 is 2.64 bits per heavy atom.